The molecule has 16 bridgehead atoms. The molecule has 7 aromatic rings. The van der Waals surface area contributed by atoms with E-state index >= 15 is 4.39 Å². The number of benzene rings is 1. The number of nitrogens with one attached hydrogen (secondary N) is 4. The van der Waals surface area contributed by atoms with Gasteiger partial charge in [0.1, 0.15) is 5.69 Å². The average Bonchev–Trinajstić information content (AvgIpc) is 4.03. The van der Waals surface area contributed by atoms with Crippen LogP contribution in [0, 0.1) is 0 Å². The molecule has 0 atom stereocenters. The standard InChI is InChI=1S/C26H17FN4.C20H14N4/c27-26-24-15-22-11-9-20(30-22)13-18-7-6-17(28-18)12-19-8-10-21(29-19)14-23(31-24)25(26)16-4-2-1-3-5-16;1-2-14-10-16-5-6-18(23-16)12-20-8-7-19(24-20)11-17-4-3-15(22-17)9-13(1)21-14/h1-15,28-29H;1-12,21-22H. The van der Waals surface area contributed by atoms with Gasteiger partial charge in [0.2, 0.25) is 0 Å². The highest BCUT2D eigenvalue weighted by atomic mass is 19.1. The molecule has 4 aliphatic rings. The van der Waals surface area contributed by atoms with Crippen molar-refractivity contribution in [2.75, 3.05) is 0 Å². The molecule has 8 nitrogen and oxygen atoms in total. The molecule has 4 N–H and O–H groups in total. The Kier molecular flexibility index (Phi) is 7.80. The van der Waals surface area contributed by atoms with E-state index in [9.17, 15) is 0 Å². The SMILES string of the molecule is C1=Cc2cc3ccc(cc4ccc(cc5nc(cc1n2)C=C5)[nH]4)[nH]3.FC1=C(c2ccccc2)c2cc3ccc(cc4ccc(cc5nc(cc1n2)C=C5)[nH]4)[nH]3. The molecule has 10 heterocycles. The minimum Gasteiger partial charge on any atom is -0.355 e. The summed E-state index contributed by atoms with van der Waals surface area (Å²) in [7, 11) is 0. The predicted octanol–water partition coefficient (Wildman–Crippen LogP) is 11.0. The second kappa shape index (κ2) is 13.4. The first-order valence-electron chi connectivity index (χ1n) is 17.9. The quantitative estimate of drug-likeness (QED) is 0.135. The number of aromatic amines is 4. The van der Waals surface area contributed by atoms with E-state index in [4.69, 9.17) is 0 Å². The fraction of sp³-hybridized carbons (Fsp3) is 0. The molecule has 1 aromatic carbocycles. The lowest BCUT2D eigenvalue weighted by atomic mass is 10.0. The van der Waals surface area contributed by atoms with E-state index in [1.807, 2.05) is 127 Å². The van der Waals surface area contributed by atoms with Crippen molar-refractivity contribution in [3.8, 4) is 0 Å². The van der Waals surface area contributed by atoms with Gasteiger partial charge in [-0.05, 0) is 139 Å². The number of fused-ring (bicyclic) bond motifs is 16. The average molecular weight is 715 g/mol. The van der Waals surface area contributed by atoms with Gasteiger partial charge in [0.25, 0.3) is 0 Å². The number of hydrogen-bond acceptors (Lipinski definition) is 4. The van der Waals surface area contributed by atoms with Crippen LogP contribution in [0.1, 0.15) is 51.1 Å². The third-order valence-electron chi connectivity index (χ3n) is 9.38. The van der Waals surface area contributed by atoms with Gasteiger partial charge < -0.3 is 19.9 Å². The van der Waals surface area contributed by atoms with Gasteiger partial charge in [0.05, 0.1) is 39.9 Å². The van der Waals surface area contributed by atoms with Crippen LogP contribution >= 0.6 is 0 Å². The molecule has 0 unspecified atom stereocenters. The van der Waals surface area contributed by atoms with Gasteiger partial charge >= 0.3 is 0 Å². The van der Waals surface area contributed by atoms with Gasteiger partial charge in [-0.25, -0.2) is 24.3 Å². The Balaban J connectivity index is 0.000000140. The molecule has 55 heavy (non-hydrogen) atoms. The lowest BCUT2D eigenvalue weighted by Gasteiger charge is -2.02. The van der Waals surface area contributed by atoms with Crippen LogP contribution in [0.4, 0.5) is 4.39 Å². The third kappa shape index (κ3) is 6.85. The van der Waals surface area contributed by atoms with Crippen molar-refractivity contribution in [2.45, 2.75) is 0 Å². The molecule has 9 heteroatoms. The second-order valence-corrected chi connectivity index (χ2v) is 13.5. The van der Waals surface area contributed by atoms with Crippen LogP contribution < -0.4 is 0 Å². The Hall–Kier alpha value is -7.65. The van der Waals surface area contributed by atoms with E-state index in [-0.39, 0.29) is 11.5 Å². The lowest BCUT2D eigenvalue weighted by molar-refractivity contribution is 0.761. The normalized spacial score (nSPS) is 12.9. The van der Waals surface area contributed by atoms with Crippen molar-refractivity contribution in [1.82, 2.24) is 39.9 Å². The highest BCUT2D eigenvalue weighted by Crippen LogP contribution is 2.36. The van der Waals surface area contributed by atoms with Crippen LogP contribution in [0.3, 0.4) is 0 Å². The predicted molar refractivity (Wildman–Crippen MR) is 222 cm³/mol. The number of H-pyrrole nitrogens is 4. The minimum atomic E-state index is -0.345. The van der Waals surface area contributed by atoms with Crippen LogP contribution in [0.15, 0.2) is 127 Å². The van der Waals surface area contributed by atoms with E-state index in [0.717, 1.165) is 78.2 Å². The number of rotatable bonds is 1. The maximum Gasteiger partial charge on any atom is 0.158 e. The molecule has 0 aliphatic carbocycles. The summed E-state index contributed by atoms with van der Waals surface area (Å²) in [5.41, 5.74) is 15.2. The van der Waals surface area contributed by atoms with Gasteiger partial charge in [-0.3, -0.25) is 0 Å². The molecule has 0 saturated carbocycles. The summed E-state index contributed by atoms with van der Waals surface area (Å²) in [6.45, 7) is 0. The van der Waals surface area contributed by atoms with Gasteiger partial charge in [-0.1, -0.05) is 30.3 Å². The molecule has 0 spiro atoms. The highest BCUT2D eigenvalue weighted by molar-refractivity contribution is 5.97. The topological polar surface area (TPSA) is 115 Å². The second-order valence-electron chi connectivity index (χ2n) is 13.5. The van der Waals surface area contributed by atoms with Crippen molar-refractivity contribution in [3.05, 3.63) is 179 Å². The molecule has 0 amide bonds. The van der Waals surface area contributed by atoms with Crippen molar-refractivity contribution >= 4 is 92.0 Å². The molecule has 0 fully saturated rings. The summed E-state index contributed by atoms with van der Waals surface area (Å²) >= 11 is 0. The molecule has 4 aliphatic heterocycles. The highest BCUT2D eigenvalue weighted by Gasteiger charge is 2.22. The fourth-order valence-corrected chi connectivity index (χ4v) is 6.86. The van der Waals surface area contributed by atoms with Gasteiger partial charge in [0.15, 0.2) is 5.83 Å². The summed E-state index contributed by atoms with van der Waals surface area (Å²) in [5, 5.41) is 0. The van der Waals surface area contributed by atoms with Crippen molar-refractivity contribution in [2.24, 2.45) is 0 Å². The zero-order valence-corrected chi connectivity index (χ0v) is 29.3. The summed E-state index contributed by atoms with van der Waals surface area (Å²) in [6, 6.07) is 41.5. The van der Waals surface area contributed by atoms with Crippen LogP contribution in [0.2, 0.25) is 0 Å². The van der Waals surface area contributed by atoms with E-state index in [2.05, 4.69) is 70.2 Å². The van der Waals surface area contributed by atoms with Crippen molar-refractivity contribution < 1.29 is 4.39 Å². The molecular formula is C46H31FN8. The first-order chi connectivity index (χ1) is 27.0. The smallest absolute Gasteiger partial charge is 0.158 e. The van der Waals surface area contributed by atoms with Gasteiger partial charge in [0, 0.05) is 49.7 Å². The zero-order chi connectivity index (χ0) is 36.7. The van der Waals surface area contributed by atoms with E-state index in [0.29, 0.717) is 17.0 Å². The summed E-state index contributed by atoms with van der Waals surface area (Å²) in [6.07, 6.45) is 11.8. The first kappa shape index (κ1) is 32.0. The molecular weight excluding hydrogens is 684 g/mol. The largest absolute Gasteiger partial charge is 0.355 e. The number of aromatic nitrogens is 8. The van der Waals surface area contributed by atoms with Crippen molar-refractivity contribution in [1.29, 1.82) is 0 Å². The Morgan fingerprint density at radius 3 is 1.13 bits per heavy atom. The van der Waals surface area contributed by atoms with Gasteiger partial charge in [-0.2, -0.15) is 0 Å². The monoisotopic (exact) mass is 714 g/mol. The Bertz CT molecular complexity index is 3030. The maximum atomic E-state index is 15.5. The van der Waals surface area contributed by atoms with E-state index in [1.54, 1.807) is 6.07 Å². The number of halogens is 1. The number of hydrogen-bond donors (Lipinski definition) is 4. The van der Waals surface area contributed by atoms with E-state index in [1.165, 1.54) is 0 Å². The van der Waals surface area contributed by atoms with E-state index < -0.39 is 0 Å². The Morgan fingerprint density at radius 1 is 0.327 bits per heavy atom. The fourth-order valence-electron chi connectivity index (χ4n) is 6.86. The van der Waals surface area contributed by atoms with Crippen LogP contribution in [0.5, 0.6) is 0 Å². The first-order valence-corrected chi connectivity index (χ1v) is 17.9. The maximum absolute atomic E-state index is 15.5. The third-order valence-corrected chi connectivity index (χ3v) is 9.38. The van der Waals surface area contributed by atoms with Crippen molar-refractivity contribution in [3.63, 3.8) is 0 Å². The van der Waals surface area contributed by atoms with Crippen LogP contribution in [-0.4, -0.2) is 39.9 Å². The zero-order valence-electron chi connectivity index (χ0n) is 29.3. The molecule has 11 rings (SSSR count). The lowest BCUT2D eigenvalue weighted by Crippen LogP contribution is -1.85. The molecule has 0 saturated heterocycles. The molecule has 262 valence electrons. The Labute approximate surface area is 313 Å². The summed E-state index contributed by atoms with van der Waals surface area (Å²) < 4.78 is 15.5. The Morgan fingerprint density at radius 2 is 0.691 bits per heavy atom. The van der Waals surface area contributed by atoms with Crippen LogP contribution in [-0.2, 0) is 0 Å². The number of nitrogens with zero attached hydrogens (tertiary/aromatic N) is 4. The summed E-state index contributed by atoms with van der Waals surface area (Å²) in [5.74, 6) is -0.345. The van der Waals surface area contributed by atoms with Crippen LogP contribution in [0.25, 0.3) is 92.0 Å². The minimum absolute atomic E-state index is 0.280. The molecule has 6 aromatic heterocycles. The molecule has 0 radical (unpaired) electrons. The van der Waals surface area contributed by atoms with Gasteiger partial charge in [-0.15, -0.1) is 0 Å². The summed E-state index contributed by atoms with van der Waals surface area (Å²) in [4.78, 5) is 32.0.